The van der Waals surface area contributed by atoms with E-state index in [1.807, 2.05) is 6.92 Å². The first-order valence-corrected chi connectivity index (χ1v) is 6.50. The van der Waals surface area contributed by atoms with Crippen molar-refractivity contribution in [2.45, 2.75) is 32.2 Å². The van der Waals surface area contributed by atoms with Gasteiger partial charge in [-0.1, -0.05) is 17.3 Å². The normalized spacial score (nSPS) is 19.2. The molecule has 2 rings (SSSR count). The van der Waals surface area contributed by atoms with Crippen LogP contribution in [0.25, 0.3) is 0 Å². The van der Waals surface area contributed by atoms with Crippen LogP contribution in [0.5, 0.6) is 0 Å². The molecule has 0 spiro atoms. The Kier molecular flexibility index (Phi) is 4.04. The highest BCUT2D eigenvalue weighted by atomic mass is 19.1. The molecule has 1 aliphatic rings. The summed E-state index contributed by atoms with van der Waals surface area (Å²) in [6, 6.07) is 6.67. The molecule has 1 aliphatic carbocycles. The van der Waals surface area contributed by atoms with Crippen LogP contribution in [-0.4, -0.2) is 17.6 Å². The van der Waals surface area contributed by atoms with Crippen LogP contribution in [0.1, 0.15) is 37.8 Å². The lowest BCUT2D eigenvalue weighted by atomic mass is 10.0. The van der Waals surface area contributed by atoms with Gasteiger partial charge in [0.25, 0.3) is 0 Å². The molecule has 4 nitrogen and oxygen atoms in total. The predicted octanol–water partition coefficient (Wildman–Crippen LogP) is 2.39. The van der Waals surface area contributed by atoms with Crippen LogP contribution in [0, 0.1) is 11.2 Å². The second kappa shape index (κ2) is 5.57. The zero-order valence-corrected chi connectivity index (χ0v) is 11.1. The molecule has 1 unspecified atom stereocenters. The Morgan fingerprint density at radius 3 is 2.63 bits per heavy atom. The number of nitrogens with two attached hydrogens (primary N) is 1. The van der Waals surface area contributed by atoms with E-state index in [-0.39, 0.29) is 23.1 Å². The van der Waals surface area contributed by atoms with Crippen LogP contribution < -0.4 is 11.1 Å². The summed E-state index contributed by atoms with van der Waals surface area (Å²) in [5.41, 5.74) is 6.75. The number of amidine groups is 1. The number of nitrogens with zero attached hydrogens (tertiary/aromatic N) is 1. The minimum Gasteiger partial charge on any atom is -0.409 e. The van der Waals surface area contributed by atoms with Gasteiger partial charge in [-0.3, -0.25) is 0 Å². The molecule has 104 valence electrons. The standard InChI is InChI=1S/C14H20FN3O/c1-10(11-2-4-12(15)5-3-11)17-9-14(6-7-14)8-13(16)18-19/h2-5,10,17,19H,6-9H2,1H3,(H2,16,18). The number of hydrogen-bond donors (Lipinski definition) is 3. The largest absolute Gasteiger partial charge is 0.409 e. The maximum atomic E-state index is 12.8. The summed E-state index contributed by atoms with van der Waals surface area (Å²) in [6.45, 7) is 2.87. The Labute approximate surface area is 112 Å². The smallest absolute Gasteiger partial charge is 0.139 e. The molecule has 0 heterocycles. The molecule has 1 aromatic carbocycles. The van der Waals surface area contributed by atoms with Gasteiger partial charge in [-0.2, -0.15) is 0 Å². The number of rotatable bonds is 6. The van der Waals surface area contributed by atoms with Gasteiger partial charge in [-0.05, 0) is 42.9 Å². The number of halogens is 1. The summed E-state index contributed by atoms with van der Waals surface area (Å²) in [4.78, 5) is 0. The van der Waals surface area contributed by atoms with Crippen LogP contribution in [-0.2, 0) is 0 Å². The van der Waals surface area contributed by atoms with Gasteiger partial charge in [0.2, 0.25) is 0 Å². The number of hydrogen-bond acceptors (Lipinski definition) is 3. The van der Waals surface area contributed by atoms with Crippen molar-refractivity contribution in [1.29, 1.82) is 0 Å². The van der Waals surface area contributed by atoms with Gasteiger partial charge in [0.05, 0.1) is 0 Å². The fourth-order valence-corrected chi connectivity index (χ4v) is 2.25. The summed E-state index contributed by atoms with van der Waals surface area (Å²) in [5.74, 6) is 0.0651. The van der Waals surface area contributed by atoms with Gasteiger partial charge in [0.15, 0.2) is 0 Å². The molecule has 5 heteroatoms. The molecule has 1 aromatic rings. The molecule has 4 N–H and O–H groups in total. The van der Waals surface area contributed by atoms with E-state index < -0.39 is 0 Å². The van der Waals surface area contributed by atoms with E-state index in [4.69, 9.17) is 10.9 Å². The minimum absolute atomic E-state index is 0.130. The van der Waals surface area contributed by atoms with Gasteiger partial charge in [-0.25, -0.2) is 4.39 Å². The van der Waals surface area contributed by atoms with E-state index in [2.05, 4.69) is 10.5 Å². The highest BCUT2D eigenvalue weighted by molar-refractivity contribution is 5.80. The third-order valence-corrected chi connectivity index (χ3v) is 3.79. The van der Waals surface area contributed by atoms with Crippen molar-refractivity contribution in [3.8, 4) is 0 Å². The lowest BCUT2D eigenvalue weighted by Gasteiger charge is -2.20. The molecule has 0 amide bonds. The van der Waals surface area contributed by atoms with E-state index in [1.165, 1.54) is 12.1 Å². The van der Waals surface area contributed by atoms with Crippen molar-refractivity contribution in [3.63, 3.8) is 0 Å². The molecule has 1 saturated carbocycles. The molecule has 0 saturated heterocycles. The van der Waals surface area contributed by atoms with Gasteiger partial charge >= 0.3 is 0 Å². The summed E-state index contributed by atoms with van der Waals surface area (Å²) in [6.07, 6.45) is 2.80. The Morgan fingerprint density at radius 1 is 1.47 bits per heavy atom. The fourth-order valence-electron chi connectivity index (χ4n) is 2.25. The maximum absolute atomic E-state index is 12.8. The third kappa shape index (κ3) is 3.67. The monoisotopic (exact) mass is 265 g/mol. The Bertz CT molecular complexity index is 454. The first-order chi connectivity index (χ1) is 9.04. The van der Waals surface area contributed by atoms with E-state index in [0.29, 0.717) is 6.42 Å². The lowest BCUT2D eigenvalue weighted by Crippen LogP contribution is -2.30. The minimum atomic E-state index is -0.221. The SMILES string of the molecule is CC(NCC1(CC(N)=NO)CC1)c1ccc(F)cc1. The first-order valence-electron chi connectivity index (χ1n) is 6.50. The van der Waals surface area contributed by atoms with E-state index in [9.17, 15) is 4.39 Å². The van der Waals surface area contributed by atoms with Crippen molar-refractivity contribution >= 4 is 5.84 Å². The summed E-state index contributed by atoms with van der Waals surface area (Å²) in [5, 5.41) is 15.1. The van der Waals surface area contributed by atoms with Crippen LogP contribution in [0.4, 0.5) is 4.39 Å². The maximum Gasteiger partial charge on any atom is 0.139 e. The average Bonchev–Trinajstić information content (AvgIpc) is 3.17. The van der Waals surface area contributed by atoms with Crippen LogP contribution in [0.15, 0.2) is 29.4 Å². The van der Waals surface area contributed by atoms with Crippen molar-refractivity contribution in [3.05, 3.63) is 35.6 Å². The zero-order chi connectivity index (χ0) is 13.9. The molecule has 0 bridgehead atoms. The van der Waals surface area contributed by atoms with Crippen molar-refractivity contribution < 1.29 is 9.60 Å². The predicted molar refractivity (Wildman–Crippen MR) is 72.5 cm³/mol. The molecule has 0 aromatic heterocycles. The summed E-state index contributed by atoms with van der Waals surface area (Å²) >= 11 is 0. The van der Waals surface area contributed by atoms with Crippen molar-refractivity contribution in [1.82, 2.24) is 5.32 Å². The van der Waals surface area contributed by atoms with E-state index >= 15 is 0 Å². The lowest BCUT2D eigenvalue weighted by molar-refractivity contribution is 0.313. The van der Waals surface area contributed by atoms with Gasteiger partial charge < -0.3 is 16.3 Å². The highest BCUT2D eigenvalue weighted by Crippen LogP contribution is 2.48. The number of benzene rings is 1. The molecule has 1 atom stereocenters. The average molecular weight is 265 g/mol. The number of nitrogens with one attached hydrogen (secondary N) is 1. The van der Waals surface area contributed by atoms with E-state index in [1.54, 1.807) is 12.1 Å². The zero-order valence-electron chi connectivity index (χ0n) is 11.1. The van der Waals surface area contributed by atoms with Crippen LogP contribution in [0.2, 0.25) is 0 Å². The van der Waals surface area contributed by atoms with Crippen molar-refractivity contribution in [2.75, 3.05) is 6.54 Å². The molecule has 19 heavy (non-hydrogen) atoms. The Hall–Kier alpha value is -1.62. The van der Waals surface area contributed by atoms with Gasteiger partial charge in [0.1, 0.15) is 11.7 Å². The van der Waals surface area contributed by atoms with Crippen molar-refractivity contribution in [2.24, 2.45) is 16.3 Å². The molecule has 0 aliphatic heterocycles. The Balaban J connectivity index is 1.87. The highest BCUT2D eigenvalue weighted by Gasteiger charge is 2.43. The van der Waals surface area contributed by atoms with E-state index in [0.717, 1.165) is 24.9 Å². The first kappa shape index (κ1) is 13.8. The molecule has 1 fully saturated rings. The molecule has 0 radical (unpaired) electrons. The Morgan fingerprint density at radius 2 is 2.11 bits per heavy atom. The van der Waals surface area contributed by atoms with Gasteiger partial charge in [0, 0.05) is 19.0 Å². The second-order valence-electron chi connectivity index (χ2n) is 5.42. The third-order valence-electron chi connectivity index (χ3n) is 3.79. The van der Waals surface area contributed by atoms with Gasteiger partial charge in [-0.15, -0.1) is 0 Å². The van der Waals surface area contributed by atoms with Crippen LogP contribution >= 0.6 is 0 Å². The summed E-state index contributed by atoms with van der Waals surface area (Å²) < 4.78 is 12.8. The fraction of sp³-hybridized carbons (Fsp3) is 0.500. The topological polar surface area (TPSA) is 70.6 Å². The molecular weight excluding hydrogens is 245 g/mol. The molecular formula is C14H20FN3O. The number of oxime groups is 1. The quantitative estimate of drug-likeness (QED) is 0.320. The van der Waals surface area contributed by atoms with Crippen LogP contribution in [0.3, 0.4) is 0 Å². The second-order valence-corrected chi connectivity index (χ2v) is 5.42. The summed E-state index contributed by atoms with van der Waals surface area (Å²) in [7, 11) is 0.